The second kappa shape index (κ2) is 5.83. The minimum Gasteiger partial charge on any atom is -0.396 e. The molecule has 1 N–H and O–H groups in total. The van der Waals surface area contributed by atoms with Crippen LogP contribution in [0.15, 0.2) is 0 Å². The van der Waals surface area contributed by atoms with Gasteiger partial charge >= 0.3 is 0 Å². The van der Waals surface area contributed by atoms with Crippen molar-refractivity contribution in [3.63, 3.8) is 0 Å². The molecule has 1 unspecified atom stereocenters. The van der Waals surface area contributed by atoms with E-state index in [0.717, 1.165) is 51.7 Å². The van der Waals surface area contributed by atoms with Gasteiger partial charge in [0.05, 0.1) is 18.8 Å². The summed E-state index contributed by atoms with van der Waals surface area (Å²) in [6.45, 7) is 2.02. The molecule has 1 aliphatic heterocycles. The van der Waals surface area contributed by atoms with Gasteiger partial charge in [0.25, 0.3) is 0 Å². The van der Waals surface area contributed by atoms with Gasteiger partial charge in [-0.15, -0.1) is 0 Å². The summed E-state index contributed by atoms with van der Waals surface area (Å²) in [5.41, 5.74) is 0. The molecular weight excluding hydrogens is 192 g/mol. The van der Waals surface area contributed by atoms with Crippen molar-refractivity contribution in [1.82, 2.24) is 0 Å². The predicted octanol–water partition coefficient (Wildman–Crippen LogP) is 1.73. The first kappa shape index (κ1) is 11.4. The van der Waals surface area contributed by atoms with E-state index in [1.807, 2.05) is 0 Å². The van der Waals surface area contributed by atoms with Crippen LogP contribution >= 0.6 is 0 Å². The molecule has 3 nitrogen and oxygen atoms in total. The average molecular weight is 214 g/mol. The van der Waals surface area contributed by atoms with E-state index < -0.39 is 0 Å². The molecule has 0 aromatic carbocycles. The summed E-state index contributed by atoms with van der Waals surface area (Å²) in [7, 11) is 0. The van der Waals surface area contributed by atoms with Crippen molar-refractivity contribution < 1.29 is 14.6 Å². The van der Waals surface area contributed by atoms with Crippen molar-refractivity contribution in [2.75, 3.05) is 19.8 Å². The van der Waals surface area contributed by atoms with Crippen molar-refractivity contribution in [2.24, 2.45) is 5.92 Å². The maximum absolute atomic E-state index is 9.04. The molecule has 2 fully saturated rings. The highest BCUT2D eigenvalue weighted by Crippen LogP contribution is 2.27. The zero-order valence-corrected chi connectivity index (χ0v) is 9.36. The fourth-order valence-electron chi connectivity index (χ4n) is 2.54. The molecule has 1 heterocycles. The summed E-state index contributed by atoms with van der Waals surface area (Å²) < 4.78 is 11.4. The summed E-state index contributed by atoms with van der Waals surface area (Å²) in [4.78, 5) is 0. The molecule has 3 heteroatoms. The Morgan fingerprint density at radius 3 is 2.47 bits per heavy atom. The fraction of sp³-hybridized carbons (Fsp3) is 1.00. The smallest absolute Gasteiger partial charge is 0.0813 e. The Labute approximate surface area is 91.8 Å². The first-order chi connectivity index (χ1) is 7.38. The molecule has 88 valence electrons. The van der Waals surface area contributed by atoms with Gasteiger partial charge < -0.3 is 14.6 Å². The highest BCUT2D eigenvalue weighted by atomic mass is 16.5. The normalized spacial score (nSPS) is 37.8. The molecular formula is C12H22O3. The van der Waals surface area contributed by atoms with Crippen LogP contribution in [0.4, 0.5) is 0 Å². The van der Waals surface area contributed by atoms with Crippen molar-refractivity contribution in [3.05, 3.63) is 0 Å². The van der Waals surface area contributed by atoms with E-state index in [1.165, 1.54) is 0 Å². The van der Waals surface area contributed by atoms with Gasteiger partial charge in [-0.05, 0) is 44.4 Å². The number of aliphatic hydroxyl groups excluding tert-OH is 1. The lowest BCUT2D eigenvalue weighted by atomic mass is 9.88. The molecule has 1 atom stereocenters. The highest BCUT2D eigenvalue weighted by molar-refractivity contribution is 4.74. The van der Waals surface area contributed by atoms with Crippen LogP contribution < -0.4 is 0 Å². The van der Waals surface area contributed by atoms with Crippen LogP contribution in [0.2, 0.25) is 0 Å². The quantitative estimate of drug-likeness (QED) is 0.777. The van der Waals surface area contributed by atoms with E-state index in [9.17, 15) is 0 Å². The number of ether oxygens (including phenoxy) is 2. The molecule has 15 heavy (non-hydrogen) atoms. The van der Waals surface area contributed by atoms with E-state index in [-0.39, 0.29) is 0 Å². The summed E-state index contributed by atoms with van der Waals surface area (Å²) in [5, 5.41) is 9.04. The summed E-state index contributed by atoms with van der Waals surface area (Å²) in [6.07, 6.45) is 7.50. The van der Waals surface area contributed by atoms with Gasteiger partial charge in [0, 0.05) is 13.2 Å². The van der Waals surface area contributed by atoms with Gasteiger partial charge in [0.1, 0.15) is 0 Å². The van der Waals surface area contributed by atoms with Crippen LogP contribution in [0.3, 0.4) is 0 Å². The van der Waals surface area contributed by atoms with Gasteiger partial charge in [-0.1, -0.05) is 0 Å². The minimum absolute atomic E-state index is 0.328. The molecule has 2 aliphatic rings. The molecule has 0 amide bonds. The molecule has 1 saturated carbocycles. The lowest BCUT2D eigenvalue weighted by molar-refractivity contribution is -0.0969. The van der Waals surface area contributed by atoms with E-state index in [1.54, 1.807) is 0 Å². The van der Waals surface area contributed by atoms with Gasteiger partial charge in [-0.3, -0.25) is 0 Å². The maximum atomic E-state index is 9.04. The van der Waals surface area contributed by atoms with Crippen LogP contribution in [0.1, 0.15) is 38.5 Å². The maximum Gasteiger partial charge on any atom is 0.0813 e. The van der Waals surface area contributed by atoms with Crippen LogP contribution in [0.5, 0.6) is 0 Å². The minimum atomic E-state index is 0.328. The van der Waals surface area contributed by atoms with E-state index >= 15 is 0 Å². The average Bonchev–Trinajstić information content (AvgIpc) is 2.31. The molecule has 2 rings (SSSR count). The first-order valence-electron chi connectivity index (χ1n) is 6.22. The number of aliphatic hydroxyl groups is 1. The SMILES string of the molecule is OCC1CCC(OC2CCCOC2)CC1. The zero-order chi connectivity index (χ0) is 10.5. The van der Waals surface area contributed by atoms with Crippen LogP contribution in [-0.4, -0.2) is 37.1 Å². The number of rotatable bonds is 3. The van der Waals surface area contributed by atoms with Crippen molar-refractivity contribution in [2.45, 2.75) is 50.7 Å². The Bertz CT molecular complexity index is 170. The second-order valence-corrected chi connectivity index (χ2v) is 4.80. The predicted molar refractivity (Wildman–Crippen MR) is 57.8 cm³/mol. The first-order valence-corrected chi connectivity index (χ1v) is 6.22. The topological polar surface area (TPSA) is 38.7 Å². The van der Waals surface area contributed by atoms with Crippen molar-refractivity contribution in [3.8, 4) is 0 Å². The van der Waals surface area contributed by atoms with Crippen molar-refractivity contribution >= 4 is 0 Å². The number of hydrogen-bond acceptors (Lipinski definition) is 3. The van der Waals surface area contributed by atoms with E-state index in [4.69, 9.17) is 14.6 Å². The van der Waals surface area contributed by atoms with Gasteiger partial charge in [-0.2, -0.15) is 0 Å². The Morgan fingerprint density at radius 2 is 1.87 bits per heavy atom. The number of hydrogen-bond donors (Lipinski definition) is 1. The lowest BCUT2D eigenvalue weighted by Gasteiger charge is -2.32. The van der Waals surface area contributed by atoms with Crippen LogP contribution in [0.25, 0.3) is 0 Å². The fourth-order valence-corrected chi connectivity index (χ4v) is 2.54. The third-order valence-corrected chi connectivity index (χ3v) is 3.56. The Kier molecular flexibility index (Phi) is 4.42. The summed E-state index contributed by atoms with van der Waals surface area (Å²) in [5.74, 6) is 0.521. The Balaban J connectivity index is 1.67. The van der Waals surface area contributed by atoms with Gasteiger partial charge in [0.2, 0.25) is 0 Å². The van der Waals surface area contributed by atoms with E-state index in [2.05, 4.69) is 0 Å². The second-order valence-electron chi connectivity index (χ2n) is 4.80. The summed E-state index contributed by atoms with van der Waals surface area (Å²) >= 11 is 0. The molecule has 1 aliphatic carbocycles. The molecule has 0 aromatic heterocycles. The van der Waals surface area contributed by atoms with Crippen LogP contribution in [0, 0.1) is 5.92 Å². The standard InChI is InChI=1S/C12H22O3/c13-8-10-3-5-11(6-4-10)15-12-2-1-7-14-9-12/h10-13H,1-9H2. The largest absolute Gasteiger partial charge is 0.396 e. The third kappa shape index (κ3) is 3.44. The zero-order valence-electron chi connectivity index (χ0n) is 9.36. The monoisotopic (exact) mass is 214 g/mol. The molecule has 0 radical (unpaired) electrons. The highest BCUT2D eigenvalue weighted by Gasteiger charge is 2.24. The molecule has 0 aromatic rings. The Morgan fingerprint density at radius 1 is 1.07 bits per heavy atom. The van der Waals surface area contributed by atoms with Crippen LogP contribution in [-0.2, 0) is 9.47 Å². The molecule has 0 spiro atoms. The van der Waals surface area contributed by atoms with E-state index in [0.29, 0.717) is 24.7 Å². The lowest BCUT2D eigenvalue weighted by Crippen LogP contribution is -2.32. The Hall–Kier alpha value is -0.120. The molecule has 1 saturated heterocycles. The van der Waals surface area contributed by atoms with Gasteiger partial charge in [-0.25, -0.2) is 0 Å². The van der Waals surface area contributed by atoms with Gasteiger partial charge in [0.15, 0.2) is 0 Å². The van der Waals surface area contributed by atoms with Crippen molar-refractivity contribution in [1.29, 1.82) is 0 Å². The third-order valence-electron chi connectivity index (χ3n) is 3.56. The molecule has 0 bridgehead atoms. The summed E-state index contributed by atoms with van der Waals surface area (Å²) in [6, 6.07) is 0.